The minimum absolute atomic E-state index is 0.261. The number of para-hydroxylation sites is 1. The Hall–Kier alpha value is -3.72. The number of carbonyl (C=O) groups excluding carboxylic acids is 1. The number of hydrogen-bond acceptors (Lipinski definition) is 5. The lowest BCUT2D eigenvalue weighted by Crippen LogP contribution is -2.18. The molecular formula is C24H25N5O. The fourth-order valence-electron chi connectivity index (χ4n) is 3.21. The molecule has 0 fully saturated rings. The van der Waals surface area contributed by atoms with E-state index < -0.39 is 0 Å². The molecule has 0 bridgehead atoms. The minimum atomic E-state index is -0.291. The topological polar surface area (TPSA) is 90.7 Å². The number of hydrogen-bond donors (Lipinski definition) is 2. The number of nitriles is 1. The van der Waals surface area contributed by atoms with Gasteiger partial charge in [0.2, 0.25) is 5.95 Å². The fourth-order valence-corrected chi connectivity index (χ4v) is 3.21. The van der Waals surface area contributed by atoms with Crippen LogP contribution in [-0.2, 0) is 0 Å². The van der Waals surface area contributed by atoms with Gasteiger partial charge in [-0.25, -0.2) is 9.97 Å². The zero-order chi connectivity index (χ0) is 21.7. The lowest BCUT2D eigenvalue weighted by molar-refractivity contribution is 0.102. The Kier molecular flexibility index (Phi) is 6.43. The summed E-state index contributed by atoms with van der Waals surface area (Å²) in [6, 6.07) is 16.8. The third-order valence-electron chi connectivity index (χ3n) is 4.75. The SMILES string of the molecule is CC(C)c1cccc(C(C)C)c1NC(=O)c1ccnc(Nc2cccc(C#N)c2)n1. The van der Waals surface area contributed by atoms with Crippen LogP contribution in [0.5, 0.6) is 0 Å². The summed E-state index contributed by atoms with van der Waals surface area (Å²) in [7, 11) is 0. The monoisotopic (exact) mass is 399 g/mol. The highest BCUT2D eigenvalue weighted by Gasteiger charge is 2.18. The zero-order valence-electron chi connectivity index (χ0n) is 17.6. The van der Waals surface area contributed by atoms with E-state index in [0.717, 1.165) is 16.8 Å². The lowest BCUT2D eigenvalue weighted by atomic mass is 9.92. The van der Waals surface area contributed by atoms with Crippen molar-refractivity contribution in [3.05, 3.63) is 77.1 Å². The summed E-state index contributed by atoms with van der Waals surface area (Å²) in [6.07, 6.45) is 1.54. The first kappa shape index (κ1) is 21.0. The van der Waals surface area contributed by atoms with E-state index in [9.17, 15) is 4.79 Å². The Labute approximate surface area is 177 Å². The Morgan fingerprint density at radius 2 is 1.67 bits per heavy atom. The van der Waals surface area contributed by atoms with Gasteiger partial charge in [-0.05, 0) is 47.2 Å². The molecule has 0 aliphatic carbocycles. The Bertz CT molecular complexity index is 1070. The molecule has 0 aliphatic heterocycles. The van der Waals surface area contributed by atoms with E-state index in [4.69, 9.17) is 5.26 Å². The first-order valence-corrected chi connectivity index (χ1v) is 9.93. The van der Waals surface area contributed by atoms with Gasteiger partial charge in [0.15, 0.2) is 0 Å². The van der Waals surface area contributed by atoms with Gasteiger partial charge in [-0.3, -0.25) is 4.79 Å². The number of benzene rings is 2. The predicted octanol–water partition coefficient (Wildman–Crippen LogP) is 5.59. The molecule has 0 atom stereocenters. The van der Waals surface area contributed by atoms with Gasteiger partial charge in [0.25, 0.3) is 5.91 Å². The van der Waals surface area contributed by atoms with Crippen molar-refractivity contribution in [3.8, 4) is 6.07 Å². The van der Waals surface area contributed by atoms with Crippen LogP contribution < -0.4 is 10.6 Å². The number of amides is 1. The molecule has 0 saturated carbocycles. The molecule has 6 nitrogen and oxygen atoms in total. The number of aromatic nitrogens is 2. The summed E-state index contributed by atoms with van der Waals surface area (Å²) in [5.41, 5.74) is 4.50. The van der Waals surface area contributed by atoms with Crippen LogP contribution in [0.25, 0.3) is 0 Å². The van der Waals surface area contributed by atoms with Crippen LogP contribution in [0.3, 0.4) is 0 Å². The molecular weight excluding hydrogens is 374 g/mol. The predicted molar refractivity (Wildman–Crippen MR) is 119 cm³/mol. The molecule has 2 aromatic carbocycles. The van der Waals surface area contributed by atoms with Crippen molar-refractivity contribution in [2.45, 2.75) is 39.5 Å². The van der Waals surface area contributed by atoms with Crippen LogP contribution in [-0.4, -0.2) is 15.9 Å². The molecule has 1 heterocycles. The molecule has 30 heavy (non-hydrogen) atoms. The van der Waals surface area contributed by atoms with Gasteiger partial charge in [0.05, 0.1) is 11.6 Å². The average Bonchev–Trinajstić information content (AvgIpc) is 2.73. The smallest absolute Gasteiger partial charge is 0.274 e. The highest BCUT2D eigenvalue weighted by Crippen LogP contribution is 2.32. The number of nitrogens with one attached hydrogen (secondary N) is 2. The second-order valence-electron chi connectivity index (χ2n) is 7.66. The van der Waals surface area contributed by atoms with Crippen molar-refractivity contribution in [1.29, 1.82) is 5.26 Å². The normalized spacial score (nSPS) is 10.7. The second-order valence-corrected chi connectivity index (χ2v) is 7.66. The van der Waals surface area contributed by atoms with E-state index in [-0.39, 0.29) is 23.4 Å². The third kappa shape index (κ3) is 4.81. The van der Waals surface area contributed by atoms with E-state index >= 15 is 0 Å². The van der Waals surface area contributed by atoms with Crippen molar-refractivity contribution in [2.75, 3.05) is 10.6 Å². The van der Waals surface area contributed by atoms with Crippen molar-refractivity contribution in [3.63, 3.8) is 0 Å². The second kappa shape index (κ2) is 9.19. The van der Waals surface area contributed by atoms with Crippen LogP contribution in [0.15, 0.2) is 54.7 Å². The maximum atomic E-state index is 13.0. The first-order valence-electron chi connectivity index (χ1n) is 9.93. The first-order chi connectivity index (χ1) is 14.4. The zero-order valence-corrected chi connectivity index (χ0v) is 17.6. The lowest BCUT2D eigenvalue weighted by Gasteiger charge is -2.20. The maximum Gasteiger partial charge on any atom is 0.274 e. The number of carbonyl (C=O) groups is 1. The van der Waals surface area contributed by atoms with Gasteiger partial charge in [0.1, 0.15) is 5.69 Å². The van der Waals surface area contributed by atoms with Gasteiger partial charge in [0, 0.05) is 17.6 Å². The fraction of sp³-hybridized carbons (Fsp3) is 0.250. The molecule has 3 rings (SSSR count). The van der Waals surface area contributed by atoms with Crippen LogP contribution >= 0.6 is 0 Å². The molecule has 1 aromatic heterocycles. The Balaban J connectivity index is 1.87. The van der Waals surface area contributed by atoms with E-state index in [1.165, 1.54) is 6.20 Å². The van der Waals surface area contributed by atoms with Gasteiger partial charge in [-0.15, -0.1) is 0 Å². The third-order valence-corrected chi connectivity index (χ3v) is 4.75. The van der Waals surface area contributed by atoms with Crippen LogP contribution in [0.1, 0.15) is 66.7 Å². The molecule has 0 aliphatic rings. The van der Waals surface area contributed by atoms with E-state index in [1.807, 2.05) is 24.3 Å². The van der Waals surface area contributed by atoms with Crippen molar-refractivity contribution >= 4 is 23.2 Å². The Morgan fingerprint density at radius 3 is 2.30 bits per heavy atom. The molecule has 0 radical (unpaired) electrons. The summed E-state index contributed by atoms with van der Waals surface area (Å²) in [5.74, 6) is 0.545. The quantitative estimate of drug-likeness (QED) is 0.564. The summed E-state index contributed by atoms with van der Waals surface area (Å²) < 4.78 is 0. The summed E-state index contributed by atoms with van der Waals surface area (Å²) >= 11 is 0. The van der Waals surface area contributed by atoms with Crippen molar-refractivity contribution in [1.82, 2.24) is 9.97 Å². The molecule has 6 heteroatoms. The van der Waals surface area contributed by atoms with Gasteiger partial charge < -0.3 is 10.6 Å². The number of rotatable bonds is 6. The summed E-state index contributed by atoms with van der Waals surface area (Å²) in [5, 5.41) is 15.2. The number of anilines is 3. The van der Waals surface area contributed by atoms with Crippen molar-refractivity contribution < 1.29 is 4.79 Å². The molecule has 0 spiro atoms. The highest BCUT2D eigenvalue weighted by molar-refractivity contribution is 6.04. The van der Waals surface area contributed by atoms with Crippen LogP contribution in [0, 0.1) is 11.3 Å². The van der Waals surface area contributed by atoms with Crippen LogP contribution in [0.4, 0.5) is 17.3 Å². The van der Waals surface area contributed by atoms with E-state index in [2.05, 4.69) is 54.4 Å². The molecule has 3 aromatic rings. The van der Waals surface area contributed by atoms with Crippen LogP contribution in [0.2, 0.25) is 0 Å². The van der Waals surface area contributed by atoms with E-state index in [1.54, 1.807) is 24.3 Å². The Morgan fingerprint density at radius 1 is 1.00 bits per heavy atom. The largest absolute Gasteiger partial charge is 0.324 e. The molecule has 0 unspecified atom stereocenters. The average molecular weight is 399 g/mol. The van der Waals surface area contributed by atoms with Gasteiger partial charge in [-0.2, -0.15) is 5.26 Å². The number of nitrogens with zero attached hydrogens (tertiary/aromatic N) is 3. The highest BCUT2D eigenvalue weighted by atomic mass is 16.1. The van der Waals surface area contributed by atoms with Crippen molar-refractivity contribution in [2.24, 2.45) is 0 Å². The van der Waals surface area contributed by atoms with Gasteiger partial charge >= 0.3 is 0 Å². The molecule has 2 N–H and O–H groups in total. The minimum Gasteiger partial charge on any atom is -0.324 e. The van der Waals surface area contributed by atoms with Gasteiger partial charge in [-0.1, -0.05) is 52.0 Å². The summed E-state index contributed by atoms with van der Waals surface area (Å²) in [4.78, 5) is 21.5. The van der Waals surface area contributed by atoms with E-state index in [0.29, 0.717) is 17.2 Å². The standard InChI is InChI=1S/C24H25N5O/c1-15(2)19-9-6-10-20(16(3)4)22(19)29-23(30)21-11-12-26-24(28-21)27-18-8-5-7-17(13-18)14-25/h5-13,15-16H,1-4H3,(H,29,30)(H,26,27,28). The molecule has 152 valence electrons. The molecule has 1 amide bonds. The molecule has 0 saturated heterocycles. The maximum absolute atomic E-state index is 13.0. The summed E-state index contributed by atoms with van der Waals surface area (Å²) in [6.45, 7) is 8.43.